The van der Waals surface area contributed by atoms with E-state index in [9.17, 15) is 0 Å². The van der Waals surface area contributed by atoms with Crippen LogP contribution >= 0.6 is 0 Å². The van der Waals surface area contributed by atoms with Crippen LogP contribution in [0.5, 0.6) is 0 Å². The average molecular weight is 152 g/mol. The fraction of sp³-hybridized carbons (Fsp3) is 1.00. The maximum atomic E-state index is 2.31. The molecule has 0 heteroatoms. The average Bonchev–Trinajstić information content (AvgIpc) is 2.60. The molecule has 3 atom stereocenters. The molecule has 0 saturated heterocycles. The van der Waals surface area contributed by atoms with Crippen molar-refractivity contribution in [2.24, 2.45) is 17.8 Å². The van der Waals surface area contributed by atoms with Crippen LogP contribution in [0, 0.1) is 17.8 Å². The van der Waals surface area contributed by atoms with Gasteiger partial charge in [-0.15, -0.1) is 0 Å². The van der Waals surface area contributed by atoms with Crippen LogP contribution in [-0.4, -0.2) is 0 Å². The van der Waals surface area contributed by atoms with Crippen LogP contribution in [0.1, 0.15) is 51.9 Å². The molecule has 0 aliphatic heterocycles. The Hall–Kier alpha value is 0. The van der Waals surface area contributed by atoms with Gasteiger partial charge in [-0.25, -0.2) is 0 Å². The molecule has 0 N–H and O–H groups in total. The summed E-state index contributed by atoms with van der Waals surface area (Å²) in [6.45, 7) is 2.31. The van der Waals surface area contributed by atoms with Gasteiger partial charge in [0.1, 0.15) is 0 Å². The maximum absolute atomic E-state index is 2.31. The highest BCUT2D eigenvalue weighted by atomic mass is 14.4. The molecule has 0 amide bonds. The van der Waals surface area contributed by atoms with Gasteiger partial charge in [-0.2, -0.15) is 0 Å². The Morgan fingerprint density at radius 2 is 2.09 bits per heavy atom. The SMILES string of the molecule is CCCCC1CC2CCC1C2. The number of fused-ring (bicyclic) bond motifs is 2. The van der Waals surface area contributed by atoms with Crippen molar-refractivity contribution in [2.45, 2.75) is 51.9 Å². The van der Waals surface area contributed by atoms with Gasteiger partial charge < -0.3 is 0 Å². The van der Waals surface area contributed by atoms with Crippen molar-refractivity contribution in [2.75, 3.05) is 0 Å². The van der Waals surface area contributed by atoms with Crippen molar-refractivity contribution in [1.29, 1.82) is 0 Å². The van der Waals surface area contributed by atoms with E-state index in [1.807, 2.05) is 0 Å². The summed E-state index contributed by atoms with van der Waals surface area (Å²) in [4.78, 5) is 0. The predicted octanol–water partition coefficient (Wildman–Crippen LogP) is 3.61. The standard InChI is InChI=1S/C11H20/c1-2-3-4-10-7-9-5-6-11(10)8-9/h9-11H,2-8H2,1H3. The Morgan fingerprint density at radius 1 is 1.18 bits per heavy atom. The van der Waals surface area contributed by atoms with Crippen molar-refractivity contribution in [3.05, 3.63) is 0 Å². The lowest BCUT2D eigenvalue weighted by atomic mass is 9.85. The van der Waals surface area contributed by atoms with Gasteiger partial charge in [-0.3, -0.25) is 0 Å². The lowest BCUT2D eigenvalue weighted by Crippen LogP contribution is -2.09. The van der Waals surface area contributed by atoms with Crippen LogP contribution in [0.2, 0.25) is 0 Å². The van der Waals surface area contributed by atoms with E-state index < -0.39 is 0 Å². The Bertz CT molecular complexity index is 128. The summed E-state index contributed by atoms with van der Waals surface area (Å²) in [6.07, 6.45) is 10.7. The minimum Gasteiger partial charge on any atom is -0.0654 e. The van der Waals surface area contributed by atoms with E-state index in [4.69, 9.17) is 0 Å². The van der Waals surface area contributed by atoms with Gasteiger partial charge in [-0.1, -0.05) is 32.6 Å². The van der Waals surface area contributed by atoms with Gasteiger partial charge in [0.25, 0.3) is 0 Å². The Balaban J connectivity index is 1.78. The highest BCUT2D eigenvalue weighted by molar-refractivity contribution is 4.89. The van der Waals surface area contributed by atoms with Crippen LogP contribution in [0.4, 0.5) is 0 Å². The first kappa shape index (κ1) is 7.64. The van der Waals surface area contributed by atoms with Gasteiger partial charge in [0, 0.05) is 0 Å². The summed E-state index contributed by atoms with van der Waals surface area (Å²) in [5.41, 5.74) is 0. The molecule has 2 fully saturated rings. The highest BCUT2D eigenvalue weighted by Crippen LogP contribution is 2.49. The molecule has 2 bridgehead atoms. The minimum atomic E-state index is 1.15. The molecule has 3 unspecified atom stereocenters. The lowest BCUT2D eigenvalue weighted by Gasteiger charge is -2.20. The molecule has 2 rings (SSSR count). The number of hydrogen-bond acceptors (Lipinski definition) is 0. The molecule has 0 heterocycles. The smallest absolute Gasteiger partial charge is 0.0383 e. The summed E-state index contributed by atoms with van der Waals surface area (Å²) >= 11 is 0. The summed E-state index contributed by atoms with van der Waals surface area (Å²) in [5, 5.41) is 0. The third kappa shape index (κ3) is 1.45. The van der Waals surface area contributed by atoms with Crippen molar-refractivity contribution in [3.8, 4) is 0 Å². The topological polar surface area (TPSA) is 0 Å². The number of unbranched alkanes of at least 4 members (excludes halogenated alkanes) is 1. The van der Waals surface area contributed by atoms with Crippen molar-refractivity contribution in [3.63, 3.8) is 0 Å². The monoisotopic (exact) mass is 152 g/mol. The van der Waals surface area contributed by atoms with Gasteiger partial charge >= 0.3 is 0 Å². The maximum Gasteiger partial charge on any atom is -0.0383 e. The molecule has 2 aliphatic rings. The second-order valence-corrected chi connectivity index (χ2v) is 4.58. The molecule has 0 spiro atoms. The zero-order valence-electron chi connectivity index (χ0n) is 7.68. The number of hydrogen-bond donors (Lipinski definition) is 0. The summed E-state index contributed by atoms with van der Waals surface area (Å²) in [6, 6.07) is 0. The molecule has 0 aromatic rings. The first-order valence-electron chi connectivity index (χ1n) is 5.40. The molecule has 2 aliphatic carbocycles. The molecule has 0 nitrogen and oxygen atoms in total. The van der Waals surface area contributed by atoms with Crippen molar-refractivity contribution < 1.29 is 0 Å². The molecular weight excluding hydrogens is 132 g/mol. The molecule has 0 aromatic heterocycles. The Labute approximate surface area is 70.4 Å². The lowest BCUT2D eigenvalue weighted by molar-refractivity contribution is 0.307. The normalized spacial score (nSPS) is 41.7. The summed E-state index contributed by atoms with van der Waals surface area (Å²) in [5.74, 6) is 3.46. The second kappa shape index (κ2) is 3.16. The third-order valence-corrected chi connectivity index (χ3v) is 3.81. The van der Waals surface area contributed by atoms with E-state index >= 15 is 0 Å². The van der Waals surface area contributed by atoms with Crippen molar-refractivity contribution >= 4 is 0 Å². The van der Waals surface area contributed by atoms with E-state index in [0.717, 1.165) is 17.8 Å². The van der Waals surface area contributed by atoms with Crippen LogP contribution < -0.4 is 0 Å². The van der Waals surface area contributed by atoms with Crippen LogP contribution in [-0.2, 0) is 0 Å². The van der Waals surface area contributed by atoms with Crippen LogP contribution in [0.3, 0.4) is 0 Å². The predicted molar refractivity (Wildman–Crippen MR) is 48.5 cm³/mol. The molecule has 2 saturated carbocycles. The molecule has 0 radical (unpaired) electrons. The molecule has 0 aromatic carbocycles. The molecule has 11 heavy (non-hydrogen) atoms. The third-order valence-electron chi connectivity index (χ3n) is 3.81. The van der Waals surface area contributed by atoms with E-state index in [0.29, 0.717) is 0 Å². The van der Waals surface area contributed by atoms with E-state index in [-0.39, 0.29) is 0 Å². The first-order valence-corrected chi connectivity index (χ1v) is 5.40. The molecule has 64 valence electrons. The minimum absolute atomic E-state index is 1.15. The van der Waals surface area contributed by atoms with Crippen molar-refractivity contribution in [1.82, 2.24) is 0 Å². The largest absolute Gasteiger partial charge is 0.0654 e. The van der Waals surface area contributed by atoms with Gasteiger partial charge in [0.05, 0.1) is 0 Å². The zero-order chi connectivity index (χ0) is 7.68. The zero-order valence-corrected chi connectivity index (χ0v) is 7.68. The van der Waals surface area contributed by atoms with Gasteiger partial charge in [0.2, 0.25) is 0 Å². The van der Waals surface area contributed by atoms with Crippen LogP contribution in [0.15, 0.2) is 0 Å². The summed E-state index contributed by atoms with van der Waals surface area (Å²) in [7, 11) is 0. The number of rotatable bonds is 3. The van der Waals surface area contributed by atoms with Gasteiger partial charge in [-0.05, 0) is 37.0 Å². The fourth-order valence-electron chi connectivity index (χ4n) is 3.20. The highest BCUT2D eigenvalue weighted by Gasteiger charge is 2.38. The van der Waals surface area contributed by atoms with E-state index in [1.165, 1.54) is 19.3 Å². The Morgan fingerprint density at radius 3 is 2.64 bits per heavy atom. The Kier molecular flexibility index (Phi) is 2.20. The van der Waals surface area contributed by atoms with Crippen LogP contribution in [0.25, 0.3) is 0 Å². The first-order chi connectivity index (χ1) is 5.40. The fourth-order valence-corrected chi connectivity index (χ4v) is 3.20. The summed E-state index contributed by atoms with van der Waals surface area (Å²) < 4.78 is 0. The van der Waals surface area contributed by atoms with Gasteiger partial charge in [0.15, 0.2) is 0 Å². The van der Waals surface area contributed by atoms with E-state index in [2.05, 4.69) is 6.92 Å². The van der Waals surface area contributed by atoms with E-state index in [1.54, 1.807) is 25.7 Å². The quantitative estimate of drug-likeness (QED) is 0.579. The molecular formula is C11H20. The second-order valence-electron chi connectivity index (χ2n) is 4.58.